The van der Waals surface area contributed by atoms with Crippen molar-refractivity contribution in [3.8, 4) is 6.07 Å². The number of nitrogens with one attached hydrogen (secondary N) is 2. The zero-order valence-corrected chi connectivity index (χ0v) is 14.8. The van der Waals surface area contributed by atoms with Crippen molar-refractivity contribution < 1.29 is 9.69 Å². The van der Waals surface area contributed by atoms with E-state index in [0.717, 1.165) is 26.7 Å². The molecule has 2 N–H and O–H groups in total. The molecule has 1 atom stereocenters. The van der Waals surface area contributed by atoms with Gasteiger partial charge in [-0.15, -0.1) is 11.3 Å². The standard InChI is InChI=1S/C19H18N4OS/c1-23(13-19-22-16-4-2-3-5-17(16)25-19)12-18(24)21-15-8-6-14(7-9-15)10-11-20/h2-9H,10,12-13H2,1H3,(H,21,24)/p+1. The van der Waals surface area contributed by atoms with Crippen LogP contribution in [0.5, 0.6) is 0 Å². The van der Waals surface area contributed by atoms with Crippen LogP contribution in [0.25, 0.3) is 10.2 Å². The van der Waals surface area contributed by atoms with E-state index in [4.69, 9.17) is 5.26 Å². The third-order valence-electron chi connectivity index (χ3n) is 3.77. The van der Waals surface area contributed by atoms with Gasteiger partial charge in [-0.2, -0.15) is 5.26 Å². The van der Waals surface area contributed by atoms with E-state index in [9.17, 15) is 4.79 Å². The second-order valence-corrected chi connectivity index (χ2v) is 7.08. The summed E-state index contributed by atoms with van der Waals surface area (Å²) in [7, 11) is 1.99. The van der Waals surface area contributed by atoms with E-state index in [-0.39, 0.29) is 5.91 Å². The van der Waals surface area contributed by atoms with E-state index < -0.39 is 0 Å². The van der Waals surface area contributed by atoms with Gasteiger partial charge in [-0.25, -0.2) is 4.98 Å². The third kappa shape index (κ3) is 4.63. The molecule has 1 amide bonds. The highest BCUT2D eigenvalue weighted by Crippen LogP contribution is 2.20. The van der Waals surface area contributed by atoms with Crippen LogP contribution in [0.2, 0.25) is 0 Å². The minimum atomic E-state index is -0.0355. The number of likely N-dealkylation sites (N-methyl/N-ethyl adjacent to an activating group) is 1. The van der Waals surface area contributed by atoms with Gasteiger partial charge in [0.25, 0.3) is 5.91 Å². The zero-order chi connectivity index (χ0) is 17.6. The molecule has 0 aliphatic rings. The lowest BCUT2D eigenvalue weighted by molar-refractivity contribution is -0.885. The number of hydrogen-bond donors (Lipinski definition) is 2. The smallest absolute Gasteiger partial charge is 0.279 e. The van der Waals surface area contributed by atoms with Crippen LogP contribution in [-0.2, 0) is 17.8 Å². The fourth-order valence-corrected chi connectivity index (χ4v) is 3.67. The molecule has 0 aliphatic carbocycles. The highest BCUT2D eigenvalue weighted by atomic mass is 32.1. The Morgan fingerprint density at radius 1 is 1.24 bits per heavy atom. The van der Waals surface area contributed by atoms with E-state index in [1.807, 2.05) is 49.5 Å². The molecule has 1 unspecified atom stereocenters. The topological polar surface area (TPSA) is 70.2 Å². The monoisotopic (exact) mass is 351 g/mol. The fraction of sp³-hybridized carbons (Fsp3) is 0.211. The van der Waals surface area contributed by atoms with Gasteiger partial charge < -0.3 is 10.2 Å². The Balaban J connectivity index is 1.54. The Morgan fingerprint density at radius 3 is 2.72 bits per heavy atom. The van der Waals surface area contributed by atoms with Gasteiger partial charge in [0.1, 0.15) is 11.6 Å². The van der Waals surface area contributed by atoms with Crippen molar-refractivity contribution in [2.24, 2.45) is 0 Å². The molecule has 0 spiro atoms. The second kappa shape index (κ2) is 7.88. The lowest BCUT2D eigenvalue weighted by Gasteiger charge is -2.12. The van der Waals surface area contributed by atoms with E-state index >= 15 is 0 Å². The van der Waals surface area contributed by atoms with Gasteiger partial charge in [0.05, 0.1) is 29.8 Å². The third-order valence-corrected chi connectivity index (χ3v) is 4.81. The summed E-state index contributed by atoms with van der Waals surface area (Å²) in [6, 6.07) is 17.5. The van der Waals surface area contributed by atoms with Crippen molar-refractivity contribution in [2.45, 2.75) is 13.0 Å². The van der Waals surface area contributed by atoms with Crippen LogP contribution in [0.3, 0.4) is 0 Å². The van der Waals surface area contributed by atoms with E-state index in [2.05, 4.69) is 22.4 Å². The Hall–Kier alpha value is -2.75. The predicted molar refractivity (Wildman–Crippen MR) is 99.5 cm³/mol. The maximum atomic E-state index is 12.2. The molecule has 0 saturated carbocycles. The Labute approximate surface area is 150 Å². The highest BCUT2D eigenvalue weighted by Gasteiger charge is 2.13. The number of benzene rings is 2. The Bertz CT molecular complexity index is 878. The number of hydrogen-bond acceptors (Lipinski definition) is 4. The number of nitriles is 1. The average molecular weight is 351 g/mol. The molecule has 126 valence electrons. The molecule has 1 aromatic heterocycles. The first-order chi connectivity index (χ1) is 12.1. The van der Waals surface area contributed by atoms with Crippen molar-refractivity contribution in [1.29, 1.82) is 5.26 Å². The Kier molecular flexibility index (Phi) is 5.39. The molecule has 3 aromatic rings. The minimum Gasteiger partial charge on any atom is -0.324 e. The molecule has 2 aromatic carbocycles. The fourth-order valence-electron chi connectivity index (χ4n) is 2.59. The van der Waals surface area contributed by atoms with Crippen LogP contribution in [0.15, 0.2) is 48.5 Å². The van der Waals surface area contributed by atoms with Gasteiger partial charge in [0, 0.05) is 5.69 Å². The van der Waals surface area contributed by atoms with Crippen molar-refractivity contribution in [1.82, 2.24) is 4.98 Å². The lowest BCUT2D eigenvalue weighted by Crippen LogP contribution is -3.08. The van der Waals surface area contributed by atoms with Crippen molar-refractivity contribution in [3.63, 3.8) is 0 Å². The van der Waals surface area contributed by atoms with Crippen molar-refractivity contribution >= 4 is 33.1 Å². The number of thiazole rings is 1. The maximum absolute atomic E-state index is 12.2. The van der Waals surface area contributed by atoms with Crippen molar-refractivity contribution in [2.75, 3.05) is 18.9 Å². The maximum Gasteiger partial charge on any atom is 0.279 e. The van der Waals surface area contributed by atoms with Gasteiger partial charge in [0.2, 0.25) is 0 Å². The molecule has 5 nitrogen and oxygen atoms in total. The summed E-state index contributed by atoms with van der Waals surface area (Å²) in [6.07, 6.45) is 0.378. The van der Waals surface area contributed by atoms with Crippen LogP contribution >= 0.6 is 11.3 Å². The first-order valence-corrected chi connectivity index (χ1v) is 8.87. The van der Waals surface area contributed by atoms with Gasteiger partial charge in [-0.3, -0.25) is 4.79 Å². The number of rotatable bonds is 6. The molecule has 1 heterocycles. The number of fused-ring (bicyclic) bond motifs is 1. The van der Waals surface area contributed by atoms with Crippen LogP contribution < -0.4 is 10.2 Å². The molecule has 25 heavy (non-hydrogen) atoms. The molecule has 0 bridgehead atoms. The SMILES string of the molecule is C[NH+](CC(=O)Nc1ccc(CC#N)cc1)Cc1nc2ccccc2s1. The first-order valence-electron chi connectivity index (χ1n) is 8.05. The molecule has 3 rings (SSSR count). The van der Waals surface area contributed by atoms with Gasteiger partial charge in [-0.1, -0.05) is 24.3 Å². The molecular weight excluding hydrogens is 332 g/mol. The highest BCUT2D eigenvalue weighted by molar-refractivity contribution is 7.18. The minimum absolute atomic E-state index is 0.0355. The van der Waals surface area contributed by atoms with Gasteiger partial charge >= 0.3 is 0 Å². The molecule has 0 fully saturated rings. The van der Waals surface area contributed by atoms with Crippen LogP contribution in [-0.4, -0.2) is 24.5 Å². The van der Waals surface area contributed by atoms with Crippen LogP contribution in [0, 0.1) is 11.3 Å². The number of anilines is 1. The number of amides is 1. The molecule has 0 aliphatic heterocycles. The van der Waals surface area contributed by atoms with E-state index in [0.29, 0.717) is 19.5 Å². The average Bonchev–Trinajstić information content (AvgIpc) is 2.98. The van der Waals surface area contributed by atoms with E-state index in [1.165, 1.54) is 4.70 Å². The zero-order valence-electron chi connectivity index (χ0n) is 14.0. The number of nitrogens with zero attached hydrogens (tertiary/aromatic N) is 2. The number of carbonyl (C=O) groups is 1. The number of para-hydroxylation sites is 1. The number of aromatic nitrogens is 1. The summed E-state index contributed by atoms with van der Waals surface area (Å²) in [5.74, 6) is -0.0355. The van der Waals surface area contributed by atoms with Gasteiger partial charge in [0.15, 0.2) is 6.54 Å². The molecule has 0 radical (unpaired) electrons. The van der Waals surface area contributed by atoms with Crippen LogP contribution in [0.1, 0.15) is 10.6 Å². The quantitative estimate of drug-likeness (QED) is 0.714. The summed E-state index contributed by atoms with van der Waals surface area (Å²) in [5.41, 5.74) is 2.70. The lowest BCUT2D eigenvalue weighted by atomic mass is 10.1. The molecule has 0 saturated heterocycles. The summed E-state index contributed by atoms with van der Waals surface area (Å²) in [5, 5.41) is 12.6. The van der Waals surface area contributed by atoms with Crippen molar-refractivity contribution in [3.05, 3.63) is 59.1 Å². The Morgan fingerprint density at radius 2 is 2.00 bits per heavy atom. The number of carbonyl (C=O) groups excluding carboxylic acids is 1. The summed E-state index contributed by atoms with van der Waals surface area (Å²) >= 11 is 1.67. The van der Waals surface area contributed by atoms with Crippen LogP contribution in [0.4, 0.5) is 5.69 Å². The van der Waals surface area contributed by atoms with E-state index in [1.54, 1.807) is 11.3 Å². The summed E-state index contributed by atoms with van der Waals surface area (Å²) in [4.78, 5) is 17.9. The molecular formula is C19H19N4OS+. The second-order valence-electron chi connectivity index (χ2n) is 5.97. The summed E-state index contributed by atoms with van der Waals surface area (Å²) < 4.78 is 1.17. The normalized spacial score (nSPS) is 11.8. The number of quaternary nitrogens is 1. The predicted octanol–water partition coefficient (Wildman–Crippen LogP) is 2.02. The van der Waals surface area contributed by atoms with Gasteiger partial charge in [-0.05, 0) is 29.8 Å². The first kappa shape index (κ1) is 17.1. The summed E-state index contributed by atoms with van der Waals surface area (Å²) in [6.45, 7) is 1.09. The largest absolute Gasteiger partial charge is 0.324 e. The molecule has 6 heteroatoms.